The van der Waals surface area contributed by atoms with Crippen LogP contribution in [0.15, 0.2) is 30.3 Å². The van der Waals surface area contributed by atoms with Gasteiger partial charge in [0, 0.05) is 12.2 Å². The second kappa shape index (κ2) is 6.56. The Morgan fingerprint density at radius 1 is 1.00 bits per heavy atom. The molecule has 2 rings (SSSR count). The maximum absolute atomic E-state index is 13.2. The van der Waals surface area contributed by atoms with Gasteiger partial charge >= 0.3 is 0 Å². The zero-order valence-electron chi connectivity index (χ0n) is 10.5. The third-order valence-electron chi connectivity index (χ3n) is 2.81. The van der Waals surface area contributed by atoms with E-state index in [1.807, 2.05) is 0 Å². The molecule has 21 heavy (non-hydrogen) atoms. The van der Waals surface area contributed by atoms with Crippen molar-refractivity contribution in [1.82, 2.24) is 0 Å². The van der Waals surface area contributed by atoms with Crippen molar-refractivity contribution in [2.24, 2.45) is 0 Å². The summed E-state index contributed by atoms with van der Waals surface area (Å²) in [4.78, 5) is 0. The zero-order chi connectivity index (χ0) is 15.6. The average molecular weight is 336 g/mol. The first-order valence-corrected chi connectivity index (χ1v) is 6.65. The molecule has 0 heterocycles. The highest BCUT2D eigenvalue weighted by atomic mass is 35.5. The van der Waals surface area contributed by atoms with Gasteiger partial charge in [0.25, 0.3) is 0 Å². The molecular weight excluding hydrogens is 326 g/mol. The Balaban J connectivity index is 2.07. The molecule has 0 aromatic heterocycles. The number of nitrogens with one attached hydrogen (secondary N) is 1. The van der Waals surface area contributed by atoms with Crippen LogP contribution in [0.4, 0.5) is 18.9 Å². The van der Waals surface area contributed by atoms with Crippen LogP contribution in [0.1, 0.15) is 11.7 Å². The van der Waals surface area contributed by atoms with Gasteiger partial charge in [-0.05, 0) is 29.8 Å². The van der Waals surface area contributed by atoms with Crippen molar-refractivity contribution in [2.45, 2.75) is 6.10 Å². The summed E-state index contributed by atoms with van der Waals surface area (Å²) >= 11 is 11.3. The van der Waals surface area contributed by atoms with Crippen molar-refractivity contribution in [2.75, 3.05) is 11.9 Å². The number of hydrogen-bond acceptors (Lipinski definition) is 2. The van der Waals surface area contributed by atoms with Crippen molar-refractivity contribution < 1.29 is 18.3 Å². The third-order valence-corrected chi connectivity index (χ3v) is 3.36. The largest absolute Gasteiger partial charge is 0.387 e. The van der Waals surface area contributed by atoms with Gasteiger partial charge in [-0.15, -0.1) is 0 Å². The van der Waals surface area contributed by atoms with E-state index in [4.69, 9.17) is 23.2 Å². The maximum atomic E-state index is 13.2. The number of aliphatic hydroxyl groups is 1. The minimum atomic E-state index is -1.08. The zero-order valence-corrected chi connectivity index (χ0v) is 12.0. The van der Waals surface area contributed by atoms with Crippen LogP contribution in [-0.4, -0.2) is 11.7 Å². The molecule has 2 nitrogen and oxygen atoms in total. The molecule has 0 aliphatic rings. The van der Waals surface area contributed by atoms with Gasteiger partial charge in [-0.1, -0.05) is 29.3 Å². The molecule has 1 unspecified atom stereocenters. The summed E-state index contributed by atoms with van der Waals surface area (Å²) in [6.07, 6.45) is -1.08. The van der Waals surface area contributed by atoms with Crippen LogP contribution in [-0.2, 0) is 0 Å². The van der Waals surface area contributed by atoms with Crippen LogP contribution in [0.25, 0.3) is 0 Å². The molecule has 2 N–H and O–H groups in total. The number of halogens is 5. The fraction of sp³-hybridized carbons (Fsp3) is 0.143. The SMILES string of the molecule is OC(CNc1cc(Cl)c(F)c(Cl)c1)c1ccc(F)c(F)c1. The standard InChI is InChI=1S/C14H10Cl2F3NO/c15-9-4-8(5-10(16)14(9)19)20-6-13(21)7-1-2-11(17)12(18)3-7/h1-5,13,20-21H,6H2. The monoisotopic (exact) mass is 335 g/mol. The van der Waals surface area contributed by atoms with Crippen LogP contribution in [0.5, 0.6) is 0 Å². The molecule has 0 fully saturated rings. The Morgan fingerprint density at radius 3 is 2.19 bits per heavy atom. The normalized spacial score (nSPS) is 12.3. The maximum Gasteiger partial charge on any atom is 0.160 e. The average Bonchev–Trinajstić information content (AvgIpc) is 2.44. The lowest BCUT2D eigenvalue weighted by molar-refractivity contribution is 0.191. The molecule has 7 heteroatoms. The van der Waals surface area contributed by atoms with Crippen molar-refractivity contribution in [3.8, 4) is 0 Å². The molecule has 0 spiro atoms. The molecule has 0 bridgehead atoms. The van der Waals surface area contributed by atoms with Crippen LogP contribution >= 0.6 is 23.2 Å². The second-order valence-electron chi connectivity index (χ2n) is 4.32. The summed E-state index contributed by atoms with van der Waals surface area (Å²) in [5.41, 5.74) is 0.605. The molecule has 0 saturated heterocycles. The summed E-state index contributed by atoms with van der Waals surface area (Å²) in [7, 11) is 0. The molecule has 0 amide bonds. The summed E-state index contributed by atoms with van der Waals surface area (Å²) < 4.78 is 39.1. The van der Waals surface area contributed by atoms with Crippen LogP contribution in [0.2, 0.25) is 10.0 Å². The third kappa shape index (κ3) is 3.81. The van der Waals surface area contributed by atoms with Gasteiger partial charge in [0.1, 0.15) is 0 Å². The van der Waals surface area contributed by atoms with Crippen molar-refractivity contribution in [3.05, 3.63) is 63.4 Å². The Bertz CT molecular complexity index is 644. The first-order chi connectivity index (χ1) is 9.88. The molecule has 0 aliphatic heterocycles. The van der Waals surface area contributed by atoms with Gasteiger partial charge in [0.2, 0.25) is 0 Å². The highest BCUT2D eigenvalue weighted by molar-refractivity contribution is 6.35. The number of benzene rings is 2. The first kappa shape index (κ1) is 15.9. The lowest BCUT2D eigenvalue weighted by atomic mass is 10.1. The van der Waals surface area contributed by atoms with E-state index in [0.29, 0.717) is 5.69 Å². The summed E-state index contributed by atoms with van der Waals surface area (Å²) in [5, 5.41) is 12.4. The van der Waals surface area contributed by atoms with Gasteiger partial charge in [-0.3, -0.25) is 0 Å². The number of anilines is 1. The summed E-state index contributed by atoms with van der Waals surface area (Å²) in [6.45, 7) is -0.0106. The minimum absolute atomic E-state index is 0.0106. The van der Waals surface area contributed by atoms with E-state index in [9.17, 15) is 18.3 Å². The van der Waals surface area contributed by atoms with E-state index >= 15 is 0 Å². The number of hydrogen-bond donors (Lipinski definition) is 2. The lowest BCUT2D eigenvalue weighted by Crippen LogP contribution is -2.12. The number of aliphatic hydroxyl groups excluding tert-OH is 1. The van der Waals surface area contributed by atoms with Gasteiger partial charge in [0.15, 0.2) is 17.5 Å². The molecule has 0 radical (unpaired) electrons. The molecular formula is C14H10Cl2F3NO. The van der Waals surface area contributed by atoms with Crippen LogP contribution in [0, 0.1) is 17.5 Å². The van der Waals surface area contributed by atoms with Gasteiger partial charge in [0.05, 0.1) is 16.1 Å². The van der Waals surface area contributed by atoms with Crippen molar-refractivity contribution in [3.63, 3.8) is 0 Å². The predicted molar refractivity (Wildman–Crippen MR) is 76.2 cm³/mol. The van der Waals surface area contributed by atoms with E-state index in [-0.39, 0.29) is 22.2 Å². The smallest absolute Gasteiger partial charge is 0.160 e. The minimum Gasteiger partial charge on any atom is -0.387 e. The molecule has 2 aromatic carbocycles. The highest BCUT2D eigenvalue weighted by Gasteiger charge is 2.12. The van der Waals surface area contributed by atoms with E-state index in [1.165, 1.54) is 18.2 Å². The fourth-order valence-electron chi connectivity index (χ4n) is 1.71. The fourth-order valence-corrected chi connectivity index (χ4v) is 2.20. The molecule has 1 atom stereocenters. The van der Waals surface area contributed by atoms with E-state index in [1.54, 1.807) is 0 Å². The van der Waals surface area contributed by atoms with Crippen LogP contribution < -0.4 is 5.32 Å². The Kier molecular flexibility index (Phi) is 4.98. The Morgan fingerprint density at radius 2 is 1.62 bits per heavy atom. The lowest BCUT2D eigenvalue weighted by Gasteiger charge is -2.14. The molecule has 0 aliphatic carbocycles. The molecule has 0 saturated carbocycles. The highest BCUT2D eigenvalue weighted by Crippen LogP contribution is 2.27. The Hall–Kier alpha value is -1.43. The van der Waals surface area contributed by atoms with E-state index < -0.39 is 23.6 Å². The van der Waals surface area contributed by atoms with E-state index in [2.05, 4.69) is 5.32 Å². The van der Waals surface area contributed by atoms with Crippen molar-refractivity contribution >= 4 is 28.9 Å². The quantitative estimate of drug-likeness (QED) is 0.803. The van der Waals surface area contributed by atoms with E-state index in [0.717, 1.165) is 12.1 Å². The van der Waals surface area contributed by atoms with Crippen molar-refractivity contribution in [1.29, 1.82) is 0 Å². The van der Waals surface area contributed by atoms with Crippen LogP contribution in [0.3, 0.4) is 0 Å². The summed E-state index contributed by atoms with van der Waals surface area (Å²) in [5.74, 6) is -2.76. The first-order valence-electron chi connectivity index (χ1n) is 5.90. The molecule has 2 aromatic rings. The van der Waals surface area contributed by atoms with Gasteiger partial charge in [-0.2, -0.15) is 0 Å². The van der Waals surface area contributed by atoms with Gasteiger partial charge in [-0.25, -0.2) is 13.2 Å². The predicted octanol–water partition coefficient (Wildman–Crippen LogP) is 4.56. The second-order valence-corrected chi connectivity index (χ2v) is 5.14. The summed E-state index contributed by atoms with van der Waals surface area (Å²) in [6, 6.07) is 5.72. The Labute approximate surface area is 129 Å². The topological polar surface area (TPSA) is 32.3 Å². The van der Waals surface area contributed by atoms with Gasteiger partial charge < -0.3 is 10.4 Å². The molecule has 112 valence electrons. The number of rotatable bonds is 4.